The molecule has 3 saturated heterocycles. The van der Waals surface area contributed by atoms with Gasteiger partial charge in [0.1, 0.15) is 25.4 Å². The number of para-hydroxylation sites is 1. The van der Waals surface area contributed by atoms with Gasteiger partial charge in [-0.15, -0.1) is 11.3 Å². The van der Waals surface area contributed by atoms with Crippen LogP contribution in [0.2, 0.25) is 0 Å². The van der Waals surface area contributed by atoms with Gasteiger partial charge < -0.3 is 19.1 Å². The zero-order chi connectivity index (χ0) is 22.0. The largest absolute Gasteiger partial charge is 0.488 e. The average Bonchev–Trinajstić information content (AvgIpc) is 3.55. The van der Waals surface area contributed by atoms with Gasteiger partial charge in [-0.05, 0) is 36.4 Å². The van der Waals surface area contributed by atoms with Gasteiger partial charge in [-0.3, -0.25) is 0 Å². The van der Waals surface area contributed by atoms with Crippen LogP contribution in [0.1, 0.15) is 43.4 Å². The van der Waals surface area contributed by atoms with Crippen LogP contribution in [0.3, 0.4) is 0 Å². The zero-order valence-corrected chi connectivity index (χ0v) is 19.5. The summed E-state index contributed by atoms with van der Waals surface area (Å²) in [5.41, 5.74) is -1.50. The molecule has 5 nitrogen and oxygen atoms in total. The van der Waals surface area contributed by atoms with E-state index in [2.05, 4.69) is 0 Å². The molecule has 172 valence electrons. The van der Waals surface area contributed by atoms with Crippen molar-refractivity contribution in [2.24, 2.45) is 11.8 Å². The molecule has 4 heterocycles. The number of rotatable bonds is 8. The third-order valence-corrected chi connectivity index (χ3v) is 9.03. The fourth-order valence-corrected chi connectivity index (χ4v) is 6.97. The smallest absolute Gasteiger partial charge is 0.344 e. The van der Waals surface area contributed by atoms with E-state index in [1.807, 2.05) is 47.8 Å². The second-order valence-corrected chi connectivity index (χ2v) is 10.8. The highest BCUT2D eigenvalue weighted by molar-refractivity contribution is 7.10. The highest BCUT2D eigenvalue weighted by Gasteiger charge is 2.53. The van der Waals surface area contributed by atoms with Crippen molar-refractivity contribution < 1.29 is 23.9 Å². The SMILES string of the molecule is O=C(O[C@H]1C[N+]2(CCOc3ccccc3)CCC1CC2)[C@](O)(c1cccs1)C1CCCC1. The molecule has 4 fully saturated rings. The standard InChI is InChI=1S/C26H34NO4S/c28-25(26(29,21-7-4-5-8-21)24-11-6-18-32-24)31-23-19-27(14-12-20(23)13-15-27)16-17-30-22-9-2-1-3-10-22/h1-3,6,9-11,18,20-21,23,29H,4-5,7-8,12-17,19H2/q+1/t20?,23-,26+,27?/m0/s1. The van der Waals surface area contributed by atoms with E-state index in [0.29, 0.717) is 12.5 Å². The molecule has 0 amide bonds. The Kier molecular flexibility index (Phi) is 6.28. The van der Waals surface area contributed by atoms with Crippen LogP contribution >= 0.6 is 11.3 Å². The lowest BCUT2D eigenvalue weighted by molar-refractivity contribution is -0.946. The third-order valence-electron chi connectivity index (χ3n) is 8.03. The van der Waals surface area contributed by atoms with Crippen molar-refractivity contribution in [3.63, 3.8) is 0 Å². The molecule has 2 bridgehead atoms. The molecule has 2 atom stereocenters. The first-order valence-corrected chi connectivity index (χ1v) is 13.0. The number of benzene rings is 1. The molecule has 1 aromatic heterocycles. The Morgan fingerprint density at radius 1 is 1.06 bits per heavy atom. The molecule has 4 aliphatic rings. The number of carbonyl (C=O) groups excluding carboxylic acids is 1. The number of hydrogen-bond donors (Lipinski definition) is 1. The molecule has 1 aromatic carbocycles. The molecule has 1 N–H and O–H groups in total. The van der Waals surface area contributed by atoms with Gasteiger partial charge in [0.05, 0.1) is 13.1 Å². The number of esters is 1. The van der Waals surface area contributed by atoms with Gasteiger partial charge in [-0.1, -0.05) is 37.1 Å². The molecule has 0 spiro atoms. The second kappa shape index (κ2) is 9.16. The number of thiophene rings is 1. The molecule has 0 radical (unpaired) electrons. The predicted molar refractivity (Wildman–Crippen MR) is 124 cm³/mol. The summed E-state index contributed by atoms with van der Waals surface area (Å²) >= 11 is 1.46. The average molecular weight is 457 g/mol. The number of quaternary nitrogens is 1. The summed E-state index contributed by atoms with van der Waals surface area (Å²) in [4.78, 5) is 14.2. The Morgan fingerprint density at radius 3 is 2.50 bits per heavy atom. The minimum atomic E-state index is -1.50. The molecular formula is C26H34NO4S+. The van der Waals surface area contributed by atoms with E-state index in [-0.39, 0.29) is 12.0 Å². The Morgan fingerprint density at radius 2 is 1.81 bits per heavy atom. The summed E-state index contributed by atoms with van der Waals surface area (Å²) in [6.07, 6.45) is 5.93. The van der Waals surface area contributed by atoms with E-state index >= 15 is 0 Å². The number of hydrogen-bond acceptors (Lipinski definition) is 5. The maximum absolute atomic E-state index is 13.5. The molecule has 1 saturated carbocycles. The van der Waals surface area contributed by atoms with Gasteiger partial charge in [0, 0.05) is 29.6 Å². The predicted octanol–water partition coefficient (Wildman–Crippen LogP) is 4.36. The molecule has 0 unspecified atom stereocenters. The third kappa shape index (κ3) is 4.20. The minimum absolute atomic E-state index is 0.0443. The van der Waals surface area contributed by atoms with E-state index in [1.54, 1.807) is 0 Å². The van der Waals surface area contributed by atoms with Crippen molar-refractivity contribution in [3.05, 3.63) is 52.7 Å². The van der Waals surface area contributed by atoms with Crippen molar-refractivity contribution in [3.8, 4) is 5.75 Å². The maximum atomic E-state index is 13.5. The normalized spacial score (nSPS) is 29.5. The van der Waals surface area contributed by atoms with E-state index in [4.69, 9.17) is 9.47 Å². The number of carbonyl (C=O) groups is 1. The first-order chi connectivity index (χ1) is 15.6. The lowest BCUT2D eigenvalue weighted by Gasteiger charge is -2.52. The Balaban J connectivity index is 1.26. The summed E-state index contributed by atoms with van der Waals surface area (Å²) in [5, 5.41) is 13.6. The number of piperidine rings is 3. The summed E-state index contributed by atoms with van der Waals surface area (Å²) < 4.78 is 13.1. The summed E-state index contributed by atoms with van der Waals surface area (Å²) in [6.45, 7) is 4.66. The van der Waals surface area contributed by atoms with Gasteiger partial charge in [-0.25, -0.2) is 4.79 Å². The van der Waals surface area contributed by atoms with E-state index in [9.17, 15) is 9.90 Å². The van der Waals surface area contributed by atoms with Crippen LogP contribution in [0.25, 0.3) is 0 Å². The molecule has 6 rings (SSSR count). The highest BCUT2D eigenvalue weighted by atomic mass is 32.1. The monoisotopic (exact) mass is 456 g/mol. The maximum Gasteiger partial charge on any atom is 0.344 e. The Labute approximate surface area is 194 Å². The van der Waals surface area contributed by atoms with Crippen molar-refractivity contribution in [1.29, 1.82) is 0 Å². The minimum Gasteiger partial charge on any atom is -0.488 e. The molecule has 6 heteroatoms. The van der Waals surface area contributed by atoms with Crippen LogP contribution in [-0.4, -0.2) is 54.4 Å². The molecular weight excluding hydrogens is 422 g/mol. The van der Waals surface area contributed by atoms with Crippen molar-refractivity contribution in [2.45, 2.75) is 50.2 Å². The van der Waals surface area contributed by atoms with Crippen LogP contribution in [0, 0.1) is 11.8 Å². The van der Waals surface area contributed by atoms with E-state index < -0.39 is 11.6 Å². The quantitative estimate of drug-likeness (QED) is 0.474. The molecule has 2 aromatic rings. The number of ether oxygens (including phenoxy) is 2. The van der Waals surface area contributed by atoms with Crippen LogP contribution in [0.15, 0.2) is 47.8 Å². The van der Waals surface area contributed by atoms with Gasteiger partial charge in [-0.2, -0.15) is 0 Å². The lowest BCUT2D eigenvalue weighted by atomic mass is 9.82. The van der Waals surface area contributed by atoms with Gasteiger partial charge in [0.2, 0.25) is 0 Å². The summed E-state index contributed by atoms with van der Waals surface area (Å²) in [7, 11) is 0. The lowest BCUT2D eigenvalue weighted by Crippen LogP contribution is -2.65. The van der Waals surface area contributed by atoms with E-state index in [1.165, 1.54) is 11.3 Å². The zero-order valence-electron chi connectivity index (χ0n) is 18.7. The van der Waals surface area contributed by atoms with Crippen molar-refractivity contribution in [2.75, 3.05) is 32.8 Å². The Hall–Kier alpha value is -1.89. The number of fused-ring (bicyclic) bond motifs is 3. The fraction of sp³-hybridized carbons (Fsp3) is 0.577. The van der Waals surface area contributed by atoms with Gasteiger partial charge >= 0.3 is 5.97 Å². The number of aliphatic hydroxyl groups is 1. The molecule has 32 heavy (non-hydrogen) atoms. The summed E-state index contributed by atoms with van der Waals surface area (Å²) in [5.74, 6) is 0.838. The topological polar surface area (TPSA) is 55.8 Å². The second-order valence-electron chi connectivity index (χ2n) is 9.86. The fourth-order valence-electron chi connectivity index (χ4n) is 6.08. The molecule has 3 aliphatic heterocycles. The van der Waals surface area contributed by atoms with Crippen LogP contribution in [0.4, 0.5) is 0 Å². The molecule has 1 aliphatic carbocycles. The highest BCUT2D eigenvalue weighted by Crippen LogP contribution is 2.44. The van der Waals surface area contributed by atoms with E-state index in [0.717, 1.165) is 79.8 Å². The van der Waals surface area contributed by atoms with Gasteiger partial charge in [0.25, 0.3) is 0 Å². The first-order valence-electron chi connectivity index (χ1n) is 12.1. The van der Waals surface area contributed by atoms with Gasteiger partial charge in [0.15, 0.2) is 11.7 Å². The van der Waals surface area contributed by atoms with Crippen molar-refractivity contribution >= 4 is 17.3 Å². The van der Waals surface area contributed by atoms with Crippen LogP contribution in [0.5, 0.6) is 5.75 Å². The Bertz CT molecular complexity index is 888. The summed E-state index contributed by atoms with van der Waals surface area (Å²) in [6, 6.07) is 13.7. The first kappa shape index (κ1) is 21.9. The van der Waals surface area contributed by atoms with Crippen LogP contribution in [-0.2, 0) is 15.1 Å². The van der Waals surface area contributed by atoms with Crippen molar-refractivity contribution in [1.82, 2.24) is 0 Å². The number of nitrogens with zero attached hydrogens (tertiary/aromatic N) is 1. The van der Waals surface area contributed by atoms with Crippen LogP contribution < -0.4 is 4.74 Å².